The van der Waals surface area contributed by atoms with E-state index >= 15 is 0 Å². The number of unbranched alkanes of at least 4 members (excludes halogenated alkanes) is 8. The predicted molar refractivity (Wildman–Crippen MR) is 171 cm³/mol. The van der Waals surface area contributed by atoms with Crippen LogP contribution in [-0.4, -0.2) is 0 Å². The molecule has 40 heavy (non-hydrogen) atoms. The highest BCUT2D eigenvalue weighted by atomic mass is 14.5. The summed E-state index contributed by atoms with van der Waals surface area (Å²) in [6.07, 6.45) is 36.8. The molecular weight excluding hydrogens is 484 g/mol. The Morgan fingerprint density at radius 1 is 0.450 bits per heavy atom. The van der Waals surface area contributed by atoms with Gasteiger partial charge in [-0.15, -0.1) is 0 Å². The third-order valence-electron chi connectivity index (χ3n) is 12.1. The van der Waals surface area contributed by atoms with Gasteiger partial charge in [-0.05, 0) is 75.0 Å². The van der Waals surface area contributed by atoms with Crippen molar-refractivity contribution in [2.45, 2.75) is 194 Å². The van der Waals surface area contributed by atoms with Crippen molar-refractivity contribution in [3.63, 3.8) is 0 Å². The third kappa shape index (κ3) is 11.3. The third-order valence-corrected chi connectivity index (χ3v) is 12.1. The van der Waals surface area contributed by atoms with Gasteiger partial charge in [0.2, 0.25) is 0 Å². The van der Waals surface area contributed by atoms with Gasteiger partial charge in [-0.25, -0.2) is 0 Å². The Labute approximate surface area is 250 Å². The van der Waals surface area contributed by atoms with Crippen molar-refractivity contribution < 1.29 is 0 Å². The second kappa shape index (κ2) is 18.5. The first kappa shape index (κ1) is 33.5. The molecule has 228 valence electrons. The lowest BCUT2D eigenvalue weighted by atomic mass is 9.60. The van der Waals surface area contributed by atoms with Gasteiger partial charge in [0.1, 0.15) is 0 Å². The number of nitrogens with zero attached hydrogens (tertiary/aromatic N) is 2. The van der Waals surface area contributed by atoms with Crippen LogP contribution in [0.5, 0.6) is 0 Å². The molecule has 0 spiro atoms. The van der Waals surface area contributed by atoms with Gasteiger partial charge in [0.25, 0.3) is 0 Å². The van der Waals surface area contributed by atoms with Crippen molar-refractivity contribution in [2.75, 3.05) is 0 Å². The number of hydrogen-bond donors (Lipinski definition) is 0. The molecule has 0 aliphatic heterocycles. The zero-order valence-corrected chi connectivity index (χ0v) is 27.0. The highest BCUT2D eigenvalue weighted by molar-refractivity contribution is 5.10. The largest absolute Gasteiger partial charge is 0.198 e. The summed E-state index contributed by atoms with van der Waals surface area (Å²) in [6.45, 7) is 4.60. The monoisotopic (exact) mass is 551 g/mol. The Bertz CT molecular complexity index is 668. The molecule has 3 aliphatic carbocycles. The Morgan fingerprint density at radius 2 is 0.750 bits per heavy atom. The molecule has 0 aromatic heterocycles. The lowest BCUT2D eigenvalue weighted by Gasteiger charge is -2.41. The van der Waals surface area contributed by atoms with E-state index in [-0.39, 0.29) is 10.8 Å². The smallest absolute Gasteiger partial charge is 0.0689 e. The van der Waals surface area contributed by atoms with E-state index in [0.29, 0.717) is 0 Å². The summed E-state index contributed by atoms with van der Waals surface area (Å²) in [5.74, 6) is 3.63. The molecule has 0 unspecified atom stereocenters. The van der Waals surface area contributed by atoms with Crippen molar-refractivity contribution >= 4 is 0 Å². The van der Waals surface area contributed by atoms with Gasteiger partial charge >= 0.3 is 0 Å². The lowest BCUT2D eigenvalue weighted by molar-refractivity contribution is 0.119. The first-order chi connectivity index (χ1) is 19.6. The SMILES string of the molecule is CCCCCCCC1CCC(CCC2(C#N)CCC(C#N)(CCC3CCC(CCCCCCC)CC3)CC2)CC1. The molecule has 0 saturated heterocycles. The predicted octanol–water partition coefficient (Wildman–Crippen LogP) is 12.5. The molecule has 0 radical (unpaired) electrons. The van der Waals surface area contributed by atoms with Crippen molar-refractivity contribution in [1.29, 1.82) is 10.5 Å². The minimum atomic E-state index is -0.147. The van der Waals surface area contributed by atoms with Gasteiger partial charge in [0.05, 0.1) is 23.0 Å². The molecule has 3 saturated carbocycles. The summed E-state index contributed by atoms with van der Waals surface area (Å²) < 4.78 is 0. The fraction of sp³-hybridized carbons (Fsp3) is 0.947. The Morgan fingerprint density at radius 3 is 1.05 bits per heavy atom. The molecule has 0 N–H and O–H groups in total. The summed E-state index contributed by atoms with van der Waals surface area (Å²) in [6, 6.07) is 5.60. The van der Waals surface area contributed by atoms with Crippen molar-refractivity contribution in [3.05, 3.63) is 0 Å². The molecule has 0 aromatic carbocycles. The van der Waals surface area contributed by atoms with E-state index in [9.17, 15) is 10.5 Å². The number of rotatable bonds is 18. The first-order valence-corrected chi connectivity index (χ1v) is 18.4. The summed E-state index contributed by atoms with van der Waals surface area (Å²) >= 11 is 0. The van der Waals surface area contributed by atoms with E-state index in [2.05, 4.69) is 26.0 Å². The average Bonchev–Trinajstić information content (AvgIpc) is 3.00. The van der Waals surface area contributed by atoms with Gasteiger partial charge in [0, 0.05) is 0 Å². The van der Waals surface area contributed by atoms with Crippen molar-refractivity contribution in [2.24, 2.45) is 34.5 Å². The number of hydrogen-bond acceptors (Lipinski definition) is 2. The molecule has 2 nitrogen and oxygen atoms in total. The topological polar surface area (TPSA) is 47.6 Å². The minimum absolute atomic E-state index is 0.147. The first-order valence-electron chi connectivity index (χ1n) is 18.4. The van der Waals surface area contributed by atoms with Gasteiger partial charge in [-0.3, -0.25) is 0 Å². The fourth-order valence-electron chi connectivity index (χ4n) is 8.69. The van der Waals surface area contributed by atoms with Crippen LogP contribution in [0.15, 0.2) is 0 Å². The molecular formula is C38H66N2. The van der Waals surface area contributed by atoms with E-state index < -0.39 is 0 Å². The Balaban J connectivity index is 1.31. The Kier molecular flexibility index (Phi) is 15.5. The number of nitriles is 2. The summed E-state index contributed by atoms with van der Waals surface area (Å²) in [5, 5.41) is 20.5. The zero-order valence-electron chi connectivity index (χ0n) is 27.0. The van der Waals surface area contributed by atoms with E-state index in [1.165, 1.54) is 141 Å². The molecule has 2 heteroatoms. The summed E-state index contributed by atoms with van der Waals surface area (Å²) in [4.78, 5) is 0. The maximum atomic E-state index is 10.2. The lowest BCUT2D eigenvalue weighted by Crippen LogP contribution is -2.34. The van der Waals surface area contributed by atoms with Crippen LogP contribution in [0.2, 0.25) is 0 Å². The normalized spacial score (nSPS) is 32.8. The molecule has 0 aromatic rings. The maximum Gasteiger partial charge on any atom is 0.0689 e. The second-order valence-corrected chi connectivity index (χ2v) is 15.0. The van der Waals surface area contributed by atoms with Crippen LogP contribution in [0.1, 0.15) is 194 Å². The van der Waals surface area contributed by atoms with E-state index in [1.54, 1.807) is 0 Å². The summed E-state index contributed by atoms with van der Waals surface area (Å²) in [5.41, 5.74) is -0.294. The second-order valence-electron chi connectivity index (χ2n) is 15.0. The van der Waals surface area contributed by atoms with Gasteiger partial charge < -0.3 is 0 Å². The van der Waals surface area contributed by atoms with Gasteiger partial charge in [-0.1, -0.05) is 142 Å². The van der Waals surface area contributed by atoms with Gasteiger partial charge in [0.15, 0.2) is 0 Å². The molecule has 3 fully saturated rings. The molecule has 3 rings (SSSR count). The van der Waals surface area contributed by atoms with Crippen LogP contribution in [0, 0.1) is 57.2 Å². The van der Waals surface area contributed by atoms with E-state index in [0.717, 1.165) is 62.2 Å². The van der Waals surface area contributed by atoms with Crippen LogP contribution < -0.4 is 0 Å². The van der Waals surface area contributed by atoms with Crippen LogP contribution in [-0.2, 0) is 0 Å². The molecule has 0 heterocycles. The molecule has 0 amide bonds. The van der Waals surface area contributed by atoms with Crippen molar-refractivity contribution in [1.82, 2.24) is 0 Å². The quantitative estimate of drug-likeness (QED) is 0.159. The highest BCUT2D eigenvalue weighted by Crippen LogP contribution is 2.51. The van der Waals surface area contributed by atoms with Crippen LogP contribution in [0.25, 0.3) is 0 Å². The molecule has 3 aliphatic rings. The minimum Gasteiger partial charge on any atom is -0.198 e. The van der Waals surface area contributed by atoms with E-state index in [1.807, 2.05) is 0 Å². The molecule has 0 bridgehead atoms. The zero-order chi connectivity index (χ0) is 28.5. The molecule has 0 atom stereocenters. The van der Waals surface area contributed by atoms with Crippen LogP contribution >= 0.6 is 0 Å². The highest BCUT2D eigenvalue weighted by Gasteiger charge is 2.43. The maximum absolute atomic E-state index is 10.2. The van der Waals surface area contributed by atoms with E-state index in [4.69, 9.17) is 0 Å². The van der Waals surface area contributed by atoms with Crippen LogP contribution in [0.4, 0.5) is 0 Å². The Hall–Kier alpha value is -1.02. The standard InChI is InChI=1S/C38H66N2/c1-3-5-7-9-11-13-33-15-19-35(20-16-33)23-25-37(31-39)27-29-38(32-40,30-28-37)26-24-36-21-17-34(18-22-36)14-12-10-8-6-4-2/h33-36H,3-30H2,1-2H3. The fourth-order valence-corrected chi connectivity index (χ4v) is 8.69. The summed E-state index contributed by atoms with van der Waals surface area (Å²) in [7, 11) is 0. The van der Waals surface area contributed by atoms with Gasteiger partial charge in [-0.2, -0.15) is 10.5 Å². The average molecular weight is 551 g/mol. The van der Waals surface area contributed by atoms with Crippen LogP contribution in [0.3, 0.4) is 0 Å². The van der Waals surface area contributed by atoms with Crippen molar-refractivity contribution in [3.8, 4) is 12.1 Å².